The van der Waals surface area contributed by atoms with Gasteiger partial charge in [0.2, 0.25) is 0 Å². The molecule has 2 aromatic carbocycles. The molecule has 0 aliphatic rings. The number of hydrogen-bond acceptors (Lipinski definition) is 12. The van der Waals surface area contributed by atoms with Crippen molar-refractivity contribution in [3.8, 4) is 0 Å². The topological polar surface area (TPSA) is 111 Å². The lowest BCUT2D eigenvalue weighted by Crippen LogP contribution is -2.66. The Labute approximate surface area is 333 Å². The molecule has 0 saturated carbocycles. The van der Waals surface area contributed by atoms with Crippen LogP contribution in [0.1, 0.15) is 20.8 Å². The maximum atomic E-state index is 6.85. The summed E-state index contributed by atoms with van der Waals surface area (Å²) in [6.07, 6.45) is 0. The number of benzene rings is 2. The summed E-state index contributed by atoms with van der Waals surface area (Å²) in [6, 6.07) is 21.3. The molecule has 0 radical (unpaired) electrons. The third kappa shape index (κ3) is 23.0. The lowest BCUT2D eigenvalue weighted by molar-refractivity contribution is -0.0276. The van der Waals surface area contributed by atoms with Gasteiger partial charge in [-0.25, -0.2) is 0 Å². The Kier molecular flexibility index (Phi) is 30.5. The van der Waals surface area contributed by atoms with E-state index in [0.717, 1.165) is 5.33 Å². The Morgan fingerprint density at radius 1 is 0.352 bits per heavy atom. The Bertz CT molecular complexity index is 1040. The van der Waals surface area contributed by atoms with E-state index in [-0.39, 0.29) is 5.04 Å². The average molecular weight is 848 g/mol. The van der Waals surface area contributed by atoms with Crippen LogP contribution in [0.15, 0.2) is 60.7 Å². The van der Waals surface area contributed by atoms with Crippen molar-refractivity contribution in [1.29, 1.82) is 0 Å². The van der Waals surface area contributed by atoms with Crippen molar-refractivity contribution in [2.75, 3.05) is 157 Å². The van der Waals surface area contributed by atoms with Crippen LogP contribution in [0.2, 0.25) is 5.04 Å². The molecule has 0 heterocycles. The SMILES string of the molecule is CC(C)(C)[Si](OCCOCCOCCOCCOCCOCCOCCOCCOCCOCCOCCOCCBr)(c1ccccc1)c1ccccc1. The highest BCUT2D eigenvalue weighted by molar-refractivity contribution is 9.09. The molecule has 0 N–H and O–H groups in total. The Morgan fingerprint density at radius 2 is 0.574 bits per heavy atom. The molecule has 2 aromatic rings. The first-order chi connectivity index (χ1) is 26.5. The van der Waals surface area contributed by atoms with Crippen molar-refractivity contribution < 1.29 is 56.5 Å². The summed E-state index contributed by atoms with van der Waals surface area (Å²) >= 11 is 3.31. The van der Waals surface area contributed by atoms with Crippen LogP contribution in [0.4, 0.5) is 0 Å². The van der Waals surface area contributed by atoms with Gasteiger partial charge in [0.25, 0.3) is 8.32 Å². The van der Waals surface area contributed by atoms with Gasteiger partial charge < -0.3 is 56.5 Å². The summed E-state index contributed by atoms with van der Waals surface area (Å²) in [5.74, 6) is 0. The summed E-state index contributed by atoms with van der Waals surface area (Å²) in [5.41, 5.74) is 0. The van der Waals surface area contributed by atoms with Crippen LogP contribution < -0.4 is 10.4 Å². The van der Waals surface area contributed by atoms with Crippen molar-refractivity contribution in [3.63, 3.8) is 0 Å². The van der Waals surface area contributed by atoms with Gasteiger partial charge in [-0.1, -0.05) is 97.4 Å². The Hall–Kier alpha value is -1.34. The third-order valence-corrected chi connectivity index (χ3v) is 13.3. The molecule has 0 spiro atoms. The zero-order valence-corrected chi connectivity index (χ0v) is 35.6. The van der Waals surface area contributed by atoms with Crippen LogP contribution in [-0.4, -0.2) is 166 Å². The highest BCUT2D eigenvalue weighted by Gasteiger charge is 2.50. The number of alkyl halides is 1. The Morgan fingerprint density at radius 3 is 0.796 bits per heavy atom. The largest absolute Gasteiger partial charge is 0.405 e. The second-order valence-corrected chi connectivity index (χ2v) is 18.0. The van der Waals surface area contributed by atoms with Crippen molar-refractivity contribution >= 4 is 34.6 Å². The molecule has 0 fully saturated rings. The maximum Gasteiger partial charge on any atom is 0.261 e. The van der Waals surface area contributed by atoms with E-state index in [0.29, 0.717) is 152 Å². The van der Waals surface area contributed by atoms with E-state index in [4.69, 9.17) is 56.5 Å². The van der Waals surface area contributed by atoms with Crippen LogP contribution in [0, 0.1) is 0 Å². The maximum absolute atomic E-state index is 6.85. The van der Waals surface area contributed by atoms with Crippen molar-refractivity contribution in [2.45, 2.75) is 25.8 Å². The van der Waals surface area contributed by atoms with Gasteiger partial charge in [-0.15, -0.1) is 0 Å². The van der Waals surface area contributed by atoms with Gasteiger partial charge in [0.15, 0.2) is 0 Å². The average Bonchev–Trinajstić information content (AvgIpc) is 3.18. The summed E-state index contributed by atoms with van der Waals surface area (Å²) in [7, 11) is -2.54. The number of hydrogen-bond donors (Lipinski definition) is 0. The lowest BCUT2D eigenvalue weighted by atomic mass is 10.2. The molecule has 12 nitrogen and oxygen atoms in total. The van der Waals surface area contributed by atoms with Crippen molar-refractivity contribution in [2.24, 2.45) is 0 Å². The van der Waals surface area contributed by atoms with E-state index in [9.17, 15) is 0 Å². The van der Waals surface area contributed by atoms with Gasteiger partial charge in [-0.05, 0) is 15.4 Å². The van der Waals surface area contributed by atoms with E-state index in [1.807, 2.05) is 0 Å². The predicted molar refractivity (Wildman–Crippen MR) is 216 cm³/mol. The van der Waals surface area contributed by atoms with E-state index >= 15 is 0 Å². The minimum Gasteiger partial charge on any atom is -0.405 e. The zero-order valence-electron chi connectivity index (χ0n) is 33.0. The molecule has 54 heavy (non-hydrogen) atoms. The normalized spacial score (nSPS) is 12.1. The molecule has 0 amide bonds. The van der Waals surface area contributed by atoms with E-state index in [2.05, 4.69) is 97.4 Å². The number of ether oxygens (including phenoxy) is 11. The van der Waals surface area contributed by atoms with Crippen molar-refractivity contribution in [3.05, 3.63) is 60.7 Å². The molecule has 0 bridgehead atoms. The summed E-state index contributed by atoms with van der Waals surface area (Å²) < 4.78 is 67.7. The van der Waals surface area contributed by atoms with Crippen LogP contribution in [0.25, 0.3) is 0 Å². The molecule has 2 rings (SSSR count). The first-order valence-corrected chi connectivity index (χ1v) is 22.2. The fraction of sp³-hybridized carbons (Fsp3) is 0.700. The number of rotatable bonds is 38. The predicted octanol–water partition coefficient (Wildman–Crippen LogP) is 4.14. The first-order valence-electron chi connectivity index (χ1n) is 19.2. The van der Waals surface area contributed by atoms with Gasteiger partial charge in [-0.3, -0.25) is 0 Å². The molecule has 310 valence electrons. The summed E-state index contributed by atoms with van der Waals surface area (Å²) in [6.45, 7) is 19.0. The van der Waals surface area contributed by atoms with Crippen LogP contribution in [-0.2, 0) is 56.5 Å². The van der Waals surface area contributed by atoms with Crippen LogP contribution in [0.5, 0.6) is 0 Å². The van der Waals surface area contributed by atoms with E-state index in [1.165, 1.54) is 10.4 Å². The van der Waals surface area contributed by atoms with E-state index < -0.39 is 8.32 Å². The highest BCUT2D eigenvalue weighted by Crippen LogP contribution is 2.36. The molecule has 14 heteroatoms. The van der Waals surface area contributed by atoms with Crippen molar-refractivity contribution in [1.82, 2.24) is 0 Å². The fourth-order valence-electron chi connectivity index (χ4n) is 5.37. The number of halogens is 1. The quantitative estimate of drug-likeness (QED) is 0.0551. The highest BCUT2D eigenvalue weighted by atomic mass is 79.9. The fourth-order valence-corrected chi connectivity index (χ4v) is 10.1. The molecule has 0 saturated heterocycles. The van der Waals surface area contributed by atoms with Gasteiger partial charge >= 0.3 is 0 Å². The van der Waals surface area contributed by atoms with Crippen LogP contribution >= 0.6 is 15.9 Å². The Balaban J connectivity index is 1.30. The van der Waals surface area contributed by atoms with Gasteiger partial charge in [0.05, 0.1) is 152 Å². The molecular weight excluding hydrogens is 780 g/mol. The minimum absolute atomic E-state index is 0.0564. The second kappa shape index (κ2) is 33.8. The molecule has 0 aliphatic heterocycles. The van der Waals surface area contributed by atoms with Gasteiger partial charge in [0.1, 0.15) is 0 Å². The molecular formula is C40H67BrO12Si. The molecule has 0 atom stereocenters. The molecule has 0 aliphatic carbocycles. The standard InChI is InChI=1S/C40H67BrO12Si/c1-40(2,3)54(38-10-6-4-7-11-38,39-12-8-5-9-13-39)53-37-36-52-35-34-51-33-32-50-31-30-49-29-28-48-27-26-47-25-24-46-23-22-45-21-20-44-19-18-43-17-16-42-15-14-41/h4-13H,14-37H2,1-3H3. The van der Waals surface area contributed by atoms with Gasteiger partial charge in [-0.2, -0.15) is 0 Å². The second-order valence-electron chi connectivity index (χ2n) is 12.9. The zero-order chi connectivity index (χ0) is 38.7. The first kappa shape index (κ1) is 48.8. The molecule has 0 unspecified atom stereocenters. The smallest absolute Gasteiger partial charge is 0.261 e. The monoisotopic (exact) mass is 846 g/mol. The third-order valence-electron chi connectivity index (χ3n) is 7.90. The minimum atomic E-state index is -2.54. The summed E-state index contributed by atoms with van der Waals surface area (Å²) in [5, 5.41) is 3.31. The summed E-state index contributed by atoms with van der Waals surface area (Å²) in [4.78, 5) is 0. The van der Waals surface area contributed by atoms with Crippen LogP contribution in [0.3, 0.4) is 0 Å². The lowest BCUT2D eigenvalue weighted by Gasteiger charge is -2.43. The van der Waals surface area contributed by atoms with Gasteiger partial charge in [0, 0.05) is 5.33 Å². The molecule has 0 aromatic heterocycles. The van der Waals surface area contributed by atoms with E-state index in [1.54, 1.807) is 0 Å².